The first-order valence-electron chi connectivity index (χ1n) is 6.23. The lowest BCUT2D eigenvalue weighted by molar-refractivity contribution is -0.142. The van der Waals surface area contributed by atoms with E-state index in [1.807, 2.05) is 6.26 Å². The molecule has 1 aromatic heterocycles. The van der Waals surface area contributed by atoms with Crippen molar-refractivity contribution in [2.45, 2.75) is 31.1 Å². The molecule has 1 aliphatic carbocycles. The molecule has 5 nitrogen and oxygen atoms in total. The van der Waals surface area contributed by atoms with Crippen molar-refractivity contribution in [2.75, 3.05) is 6.26 Å². The Labute approximate surface area is 115 Å². The van der Waals surface area contributed by atoms with Gasteiger partial charge in [-0.2, -0.15) is 11.8 Å². The highest BCUT2D eigenvalue weighted by Gasteiger charge is 2.34. The third-order valence-electron chi connectivity index (χ3n) is 3.32. The van der Waals surface area contributed by atoms with Gasteiger partial charge in [0.25, 0.3) is 5.91 Å². The number of carboxylic acids is 1. The molecule has 19 heavy (non-hydrogen) atoms. The summed E-state index contributed by atoms with van der Waals surface area (Å²) in [5, 5.41) is 11.8. The molecule has 1 fully saturated rings. The van der Waals surface area contributed by atoms with Crippen LogP contribution >= 0.6 is 11.8 Å². The van der Waals surface area contributed by atoms with Gasteiger partial charge in [-0.3, -0.25) is 9.59 Å². The Morgan fingerprint density at radius 2 is 2.26 bits per heavy atom. The molecule has 1 saturated carbocycles. The molecule has 104 valence electrons. The quantitative estimate of drug-likeness (QED) is 0.865. The lowest BCUT2D eigenvalue weighted by Crippen LogP contribution is -2.40. The van der Waals surface area contributed by atoms with E-state index in [-0.39, 0.29) is 17.7 Å². The Hall–Kier alpha value is -1.43. The van der Waals surface area contributed by atoms with Crippen LogP contribution in [-0.2, 0) is 10.5 Å². The Bertz CT molecular complexity index is 471. The summed E-state index contributed by atoms with van der Waals surface area (Å²) in [6.07, 6.45) is 4.12. The molecular formula is C13H17NO4S. The Morgan fingerprint density at radius 1 is 1.47 bits per heavy atom. The van der Waals surface area contributed by atoms with Crippen LogP contribution in [0, 0.1) is 5.92 Å². The van der Waals surface area contributed by atoms with E-state index in [1.165, 1.54) is 0 Å². The number of aliphatic carboxylic acids is 1. The van der Waals surface area contributed by atoms with Crippen molar-refractivity contribution >= 4 is 23.6 Å². The predicted octanol–water partition coefficient (Wildman–Crippen LogP) is 2.13. The fourth-order valence-electron chi connectivity index (χ4n) is 2.39. The fraction of sp³-hybridized carbons (Fsp3) is 0.538. The van der Waals surface area contributed by atoms with Gasteiger partial charge in [0.1, 0.15) is 5.76 Å². The van der Waals surface area contributed by atoms with E-state index < -0.39 is 11.9 Å². The highest BCUT2D eigenvalue weighted by Crippen LogP contribution is 2.26. The third kappa shape index (κ3) is 3.32. The zero-order valence-electron chi connectivity index (χ0n) is 10.7. The number of carbonyl (C=O) groups is 2. The maximum Gasteiger partial charge on any atom is 0.308 e. The lowest BCUT2D eigenvalue weighted by atomic mass is 10.0. The van der Waals surface area contributed by atoms with Crippen molar-refractivity contribution < 1.29 is 19.1 Å². The van der Waals surface area contributed by atoms with E-state index >= 15 is 0 Å². The normalized spacial score (nSPS) is 22.4. The molecule has 2 atom stereocenters. The SMILES string of the molecule is CSCc1ccc(C(=O)NC2CCCC2C(=O)O)o1. The maximum absolute atomic E-state index is 12.0. The van der Waals surface area contributed by atoms with Crippen LogP contribution in [0.25, 0.3) is 0 Å². The number of nitrogens with one attached hydrogen (secondary N) is 1. The van der Waals surface area contributed by atoms with Gasteiger partial charge in [-0.1, -0.05) is 6.42 Å². The van der Waals surface area contributed by atoms with Crippen molar-refractivity contribution in [1.82, 2.24) is 5.32 Å². The zero-order chi connectivity index (χ0) is 13.8. The summed E-state index contributed by atoms with van der Waals surface area (Å²) >= 11 is 1.61. The standard InChI is InChI=1S/C13H17NO4S/c1-19-7-8-5-6-11(18-8)12(15)14-10-4-2-3-9(10)13(16)17/h5-6,9-10H,2-4,7H2,1H3,(H,14,15)(H,16,17). The van der Waals surface area contributed by atoms with Gasteiger partial charge < -0.3 is 14.8 Å². The minimum atomic E-state index is -0.842. The smallest absolute Gasteiger partial charge is 0.308 e. The number of hydrogen-bond acceptors (Lipinski definition) is 4. The second kappa shape index (κ2) is 6.14. The van der Waals surface area contributed by atoms with Crippen LogP contribution in [0.3, 0.4) is 0 Å². The average molecular weight is 283 g/mol. The lowest BCUT2D eigenvalue weighted by Gasteiger charge is -2.16. The zero-order valence-corrected chi connectivity index (χ0v) is 11.5. The number of furan rings is 1. The summed E-state index contributed by atoms with van der Waals surface area (Å²) in [4.78, 5) is 23.0. The molecule has 0 aliphatic heterocycles. The van der Waals surface area contributed by atoms with E-state index in [9.17, 15) is 9.59 Å². The van der Waals surface area contributed by atoms with Gasteiger partial charge in [-0.15, -0.1) is 0 Å². The molecule has 0 bridgehead atoms. The van der Waals surface area contributed by atoms with Crippen molar-refractivity contribution in [3.05, 3.63) is 23.7 Å². The number of hydrogen-bond donors (Lipinski definition) is 2. The Balaban J connectivity index is 1.98. The highest BCUT2D eigenvalue weighted by molar-refractivity contribution is 7.97. The summed E-state index contributed by atoms with van der Waals surface area (Å²) < 4.78 is 5.41. The molecule has 1 heterocycles. The Kier molecular flexibility index (Phi) is 4.52. The predicted molar refractivity (Wildman–Crippen MR) is 72.2 cm³/mol. The van der Waals surface area contributed by atoms with Crippen LogP contribution in [0.1, 0.15) is 35.6 Å². The van der Waals surface area contributed by atoms with E-state index in [2.05, 4.69) is 5.32 Å². The minimum Gasteiger partial charge on any atom is -0.481 e. The summed E-state index contributed by atoms with van der Waals surface area (Å²) in [5.74, 6) is 0.0633. The van der Waals surface area contributed by atoms with E-state index in [0.717, 1.165) is 12.2 Å². The van der Waals surface area contributed by atoms with Crippen LogP contribution in [-0.4, -0.2) is 29.3 Å². The summed E-state index contributed by atoms with van der Waals surface area (Å²) in [6.45, 7) is 0. The number of thioether (sulfide) groups is 1. The summed E-state index contributed by atoms with van der Waals surface area (Å²) in [7, 11) is 0. The number of carboxylic acid groups (broad SMARTS) is 1. The topological polar surface area (TPSA) is 79.5 Å². The maximum atomic E-state index is 12.0. The van der Waals surface area contributed by atoms with E-state index in [0.29, 0.717) is 18.6 Å². The molecule has 0 radical (unpaired) electrons. The molecule has 2 rings (SSSR count). The molecule has 2 N–H and O–H groups in total. The summed E-state index contributed by atoms with van der Waals surface area (Å²) in [6, 6.07) is 3.11. The monoisotopic (exact) mass is 283 g/mol. The van der Waals surface area contributed by atoms with Gasteiger partial charge >= 0.3 is 5.97 Å². The molecule has 0 spiro atoms. The Morgan fingerprint density at radius 3 is 2.95 bits per heavy atom. The fourth-order valence-corrected chi connectivity index (χ4v) is 2.83. The first kappa shape index (κ1) is 14.0. The van der Waals surface area contributed by atoms with Crippen LogP contribution in [0.2, 0.25) is 0 Å². The van der Waals surface area contributed by atoms with Crippen molar-refractivity contribution in [3.8, 4) is 0 Å². The molecule has 1 aromatic rings. The van der Waals surface area contributed by atoms with Crippen LogP contribution in [0.4, 0.5) is 0 Å². The second-order valence-corrected chi connectivity index (χ2v) is 5.52. The van der Waals surface area contributed by atoms with Crippen LogP contribution in [0.15, 0.2) is 16.5 Å². The van der Waals surface area contributed by atoms with Crippen LogP contribution < -0.4 is 5.32 Å². The molecular weight excluding hydrogens is 266 g/mol. The van der Waals surface area contributed by atoms with Crippen molar-refractivity contribution in [2.24, 2.45) is 5.92 Å². The molecule has 6 heteroatoms. The van der Waals surface area contributed by atoms with Crippen molar-refractivity contribution in [3.63, 3.8) is 0 Å². The molecule has 0 saturated heterocycles. The average Bonchev–Trinajstić information content (AvgIpc) is 2.98. The van der Waals surface area contributed by atoms with E-state index in [4.69, 9.17) is 9.52 Å². The highest BCUT2D eigenvalue weighted by atomic mass is 32.2. The molecule has 1 amide bonds. The summed E-state index contributed by atoms with van der Waals surface area (Å²) in [5.41, 5.74) is 0. The number of carbonyl (C=O) groups excluding carboxylic acids is 1. The number of amides is 1. The van der Waals surface area contributed by atoms with Gasteiger partial charge in [-0.25, -0.2) is 0 Å². The first-order chi connectivity index (χ1) is 9.11. The number of rotatable bonds is 5. The van der Waals surface area contributed by atoms with Gasteiger partial charge in [0.05, 0.1) is 11.7 Å². The molecule has 2 unspecified atom stereocenters. The van der Waals surface area contributed by atoms with E-state index in [1.54, 1.807) is 23.9 Å². The van der Waals surface area contributed by atoms with Crippen molar-refractivity contribution in [1.29, 1.82) is 0 Å². The second-order valence-electron chi connectivity index (χ2n) is 4.65. The minimum absolute atomic E-state index is 0.250. The first-order valence-corrected chi connectivity index (χ1v) is 7.62. The third-order valence-corrected chi connectivity index (χ3v) is 3.89. The van der Waals surface area contributed by atoms with Gasteiger partial charge in [0, 0.05) is 6.04 Å². The van der Waals surface area contributed by atoms with Gasteiger partial charge in [0.15, 0.2) is 5.76 Å². The van der Waals surface area contributed by atoms with Crippen LogP contribution in [0.5, 0.6) is 0 Å². The van der Waals surface area contributed by atoms with Gasteiger partial charge in [-0.05, 0) is 31.2 Å². The van der Waals surface area contributed by atoms with Gasteiger partial charge in [0.2, 0.25) is 0 Å². The molecule has 1 aliphatic rings. The largest absolute Gasteiger partial charge is 0.481 e. The molecule has 0 aromatic carbocycles.